The van der Waals surface area contributed by atoms with Gasteiger partial charge < -0.3 is 9.47 Å². The molecule has 8 heteroatoms. The second-order valence-electron chi connectivity index (χ2n) is 8.15. The molecule has 0 aromatic carbocycles. The van der Waals surface area contributed by atoms with Crippen molar-refractivity contribution in [2.45, 2.75) is 81.2 Å². The van der Waals surface area contributed by atoms with Gasteiger partial charge in [-0.2, -0.15) is 13.2 Å². The first-order valence-electron chi connectivity index (χ1n) is 9.05. The summed E-state index contributed by atoms with van der Waals surface area (Å²) in [5.74, 6) is -1.81. The average molecular weight is 429 g/mol. The van der Waals surface area contributed by atoms with Crippen molar-refractivity contribution in [1.29, 1.82) is 0 Å². The summed E-state index contributed by atoms with van der Waals surface area (Å²) in [6, 6.07) is 0. The van der Waals surface area contributed by atoms with E-state index in [1.807, 2.05) is 0 Å². The molecule has 144 valence electrons. The summed E-state index contributed by atoms with van der Waals surface area (Å²) in [4.78, 5) is 11.5. The predicted octanol–water partition coefficient (Wildman–Crippen LogP) is 4.91. The molecule has 0 amide bonds. The van der Waals surface area contributed by atoms with Gasteiger partial charge in [-0.25, -0.2) is 9.78 Å². The van der Waals surface area contributed by atoms with Crippen molar-refractivity contribution in [3.63, 3.8) is 0 Å². The first kappa shape index (κ1) is 18.5. The predicted molar refractivity (Wildman–Crippen MR) is 85.4 cm³/mol. The van der Waals surface area contributed by atoms with E-state index in [4.69, 9.17) is 19.2 Å². The van der Waals surface area contributed by atoms with Gasteiger partial charge in [-0.3, -0.25) is 0 Å². The Hall–Kier alpha value is 0.110. The van der Waals surface area contributed by atoms with Gasteiger partial charge in [0.15, 0.2) is 11.9 Å². The summed E-state index contributed by atoms with van der Waals surface area (Å²) in [5.41, 5.74) is -0.975. The zero-order valence-corrected chi connectivity index (χ0v) is 16.2. The van der Waals surface area contributed by atoms with Crippen LogP contribution in [0.2, 0.25) is 0 Å². The Balaban J connectivity index is 1.83. The zero-order chi connectivity index (χ0) is 18.3. The van der Waals surface area contributed by atoms with E-state index >= 15 is 0 Å². The van der Waals surface area contributed by atoms with E-state index in [0.29, 0.717) is 18.8 Å². The van der Waals surface area contributed by atoms with Gasteiger partial charge in [-0.15, -0.1) is 0 Å². The molecule has 5 fully saturated rings. The maximum Gasteiger partial charge on any atom is 0.427 e. The van der Waals surface area contributed by atoms with Gasteiger partial charge in [0.2, 0.25) is 10.3 Å². The third-order valence-electron chi connectivity index (χ3n) is 6.95. The van der Waals surface area contributed by atoms with E-state index in [2.05, 4.69) is 22.9 Å². The van der Waals surface area contributed by atoms with Crippen LogP contribution in [0, 0.1) is 23.7 Å². The smallest absolute Gasteiger partial charge is 0.322 e. The van der Waals surface area contributed by atoms with Gasteiger partial charge in [0.25, 0.3) is 0 Å². The second kappa shape index (κ2) is 5.56. The Morgan fingerprint density at radius 1 is 1.08 bits per heavy atom. The Morgan fingerprint density at radius 2 is 1.80 bits per heavy atom. The van der Waals surface area contributed by atoms with Crippen molar-refractivity contribution in [1.82, 2.24) is 0 Å². The van der Waals surface area contributed by atoms with E-state index in [1.165, 1.54) is 0 Å². The molecule has 2 bridgehead atoms. The molecule has 0 aromatic heterocycles. The molecule has 1 saturated carbocycles. The summed E-state index contributed by atoms with van der Waals surface area (Å²) in [5, 5.41) is 0. The van der Waals surface area contributed by atoms with Crippen molar-refractivity contribution in [3.8, 4) is 0 Å². The Labute approximate surface area is 153 Å². The summed E-state index contributed by atoms with van der Waals surface area (Å²) in [7, 11) is 0. The van der Waals surface area contributed by atoms with Crippen LogP contribution in [0.25, 0.3) is 0 Å². The van der Waals surface area contributed by atoms with E-state index in [-0.39, 0.29) is 11.8 Å². The van der Waals surface area contributed by atoms with Gasteiger partial charge in [-0.05, 0) is 54.0 Å². The summed E-state index contributed by atoms with van der Waals surface area (Å²) in [6.45, 7) is 5.41. The van der Waals surface area contributed by atoms with Crippen LogP contribution in [0.3, 0.4) is 0 Å². The molecule has 0 aromatic rings. The van der Waals surface area contributed by atoms with Crippen LogP contribution in [0.4, 0.5) is 13.2 Å². The first-order chi connectivity index (χ1) is 11.6. The number of hydrogen-bond donors (Lipinski definition) is 0. The van der Waals surface area contributed by atoms with E-state index < -0.39 is 34.3 Å². The summed E-state index contributed by atoms with van der Waals surface area (Å²) >= 11 is 2.89. The maximum absolute atomic E-state index is 13.8. The lowest BCUT2D eigenvalue weighted by Gasteiger charge is -2.62. The lowest BCUT2D eigenvalue weighted by molar-refractivity contribution is -0.577. The third kappa shape index (κ3) is 2.33. The molecular formula is C17H24BrF3O4. The minimum atomic E-state index is -4.55. The fraction of sp³-hybridized carbons (Fsp3) is 1.00. The van der Waals surface area contributed by atoms with Crippen molar-refractivity contribution in [2.24, 2.45) is 23.7 Å². The summed E-state index contributed by atoms with van der Waals surface area (Å²) in [6.07, 6.45) is -1.78. The molecule has 4 heterocycles. The van der Waals surface area contributed by atoms with Crippen molar-refractivity contribution >= 4 is 15.9 Å². The number of fused-ring (bicyclic) bond motifs is 2. The minimum Gasteiger partial charge on any atom is -0.322 e. The molecular weight excluding hydrogens is 405 g/mol. The molecule has 25 heavy (non-hydrogen) atoms. The van der Waals surface area contributed by atoms with Gasteiger partial charge in [0.05, 0.1) is 0 Å². The van der Waals surface area contributed by atoms with E-state index in [1.54, 1.807) is 13.8 Å². The molecule has 4 aliphatic heterocycles. The maximum atomic E-state index is 13.8. The van der Waals surface area contributed by atoms with Gasteiger partial charge in [0.1, 0.15) is 0 Å². The van der Waals surface area contributed by atoms with E-state index in [0.717, 1.165) is 19.3 Å². The molecule has 0 N–H and O–H groups in total. The highest BCUT2D eigenvalue weighted by atomic mass is 79.9. The molecule has 0 radical (unpaired) electrons. The van der Waals surface area contributed by atoms with Crippen molar-refractivity contribution in [2.75, 3.05) is 0 Å². The Morgan fingerprint density at radius 3 is 2.44 bits per heavy atom. The number of ether oxygens (including phenoxy) is 2. The molecule has 1 aliphatic carbocycles. The molecule has 5 rings (SSSR count). The third-order valence-corrected chi connectivity index (χ3v) is 8.31. The Kier molecular flexibility index (Phi) is 4.11. The van der Waals surface area contributed by atoms with Crippen LogP contribution in [0.15, 0.2) is 0 Å². The topological polar surface area (TPSA) is 36.9 Å². The van der Waals surface area contributed by atoms with Crippen LogP contribution in [0.1, 0.15) is 52.9 Å². The van der Waals surface area contributed by atoms with Crippen LogP contribution >= 0.6 is 15.9 Å². The van der Waals surface area contributed by atoms with Crippen molar-refractivity contribution < 1.29 is 32.4 Å². The fourth-order valence-corrected chi connectivity index (χ4v) is 6.04. The molecule has 5 aliphatic rings. The van der Waals surface area contributed by atoms with Crippen molar-refractivity contribution in [3.05, 3.63) is 0 Å². The lowest BCUT2D eigenvalue weighted by atomic mass is 9.56. The Bertz CT molecular complexity index is 557. The van der Waals surface area contributed by atoms with E-state index in [9.17, 15) is 13.2 Å². The molecule has 4 nitrogen and oxygen atoms in total. The fourth-order valence-electron chi connectivity index (χ4n) is 5.55. The highest BCUT2D eigenvalue weighted by Gasteiger charge is 2.76. The van der Waals surface area contributed by atoms with Gasteiger partial charge in [-0.1, -0.05) is 20.3 Å². The van der Waals surface area contributed by atoms with Crippen LogP contribution in [-0.4, -0.2) is 28.4 Å². The van der Waals surface area contributed by atoms with Gasteiger partial charge in [0, 0.05) is 18.3 Å². The van der Waals surface area contributed by atoms with Crippen LogP contribution < -0.4 is 0 Å². The molecule has 0 unspecified atom stereocenters. The largest absolute Gasteiger partial charge is 0.427 e. The number of halogens is 4. The molecule has 4 saturated heterocycles. The SMILES string of the molecule is CC[C@@H]1CC[C@H]2[C@@H](C)[C@](Br)(C(F)(F)F)O[C@@H]3O[C@]4(C)CC[C@@H]1[C@]32OO4. The first-order valence-corrected chi connectivity index (χ1v) is 9.85. The molecule has 8 atom stereocenters. The standard InChI is InChI=1S/C17H24BrF3O4/c1-4-10-5-6-11-9(2)16(18,17(19,20)21)23-13-15(11)12(10)7-8-14(3,22-13)24-25-15/h9-13H,4-8H2,1-3H3/t9-,10-,11+,12+,13+,14+,15+,16-/m1/s1. The second-order valence-corrected chi connectivity index (χ2v) is 9.33. The quantitative estimate of drug-likeness (QED) is 0.439. The minimum absolute atomic E-state index is 0.0679. The number of rotatable bonds is 1. The zero-order valence-electron chi connectivity index (χ0n) is 14.6. The highest BCUT2D eigenvalue weighted by molar-refractivity contribution is 9.10. The lowest BCUT2D eigenvalue weighted by Crippen LogP contribution is -2.74. The monoisotopic (exact) mass is 428 g/mol. The van der Waals surface area contributed by atoms with Crippen LogP contribution in [-0.2, 0) is 19.2 Å². The number of hydrogen-bond acceptors (Lipinski definition) is 4. The number of alkyl halides is 4. The molecule has 1 spiro atoms. The van der Waals surface area contributed by atoms with Crippen LogP contribution in [0.5, 0.6) is 0 Å². The van der Waals surface area contributed by atoms with Gasteiger partial charge >= 0.3 is 6.18 Å². The average Bonchev–Trinajstić information content (AvgIpc) is 2.76. The normalized spacial score (nSPS) is 55.6. The summed E-state index contributed by atoms with van der Waals surface area (Å²) < 4.78 is 50.7. The highest BCUT2D eigenvalue weighted by Crippen LogP contribution is 2.65.